The molecule has 1 aromatic heterocycles. The van der Waals surface area contributed by atoms with Gasteiger partial charge in [-0.15, -0.1) is 0 Å². The van der Waals surface area contributed by atoms with E-state index in [-0.39, 0.29) is 5.91 Å². The summed E-state index contributed by atoms with van der Waals surface area (Å²) < 4.78 is 0. The lowest BCUT2D eigenvalue weighted by Gasteiger charge is -2.20. The highest BCUT2D eigenvalue weighted by Gasteiger charge is 2.21. The van der Waals surface area contributed by atoms with Gasteiger partial charge >= 0.3 is 0 Å². The van der Waals surface area contributed by atoms with Gasteiger partial charge in [0.2, 0.25) is 5.91 Å². The third-order valence-corrected chi connectivity index (χ3v) is 3.69. The molecular weight excluding hydrogens is 264 g/mol. The topological polar surface area (TPSA) is 80.9 Å². The molecule has 1 amide bonds. The van der Waals surface area contributed by atoms with Gasteiger partial charge < -0.3 is 11.1 Å². The molecule has 0 spiro atoms. The van der Waals surface area contributed by atoms with E-state index in [2.05, 4.69) is 10.3 Å². The van der Waals surface area contributed by atoms with E-state index in [9.17, 15) is 4.79 Å². The van der Waals surface area contributed by atoms with E-state index in [0.717, 1.165) is 47.6 Å². The summed E-state index contributed by atoms with van der Waals surface area (Å²) in [6.07, 6.45) is 2.43. The molecule has 0 radical (unpaired) electrons. The number of aromatic nitrogens is 2. The van der Waals surface area contributed by atoms with Crippen LogP contribution < -0.4 is 11.1 Å². The van der Waals surface area contributed by atoms with Crippen LogP contribution in [0.4, 0.5) is 11.5 Å². The van der Waals surface area contributed by atoms with Gasteiger partial charge in [0, 0.05) is 18.2 Å². The Labute approximate surface area is 123 Å². The van der Waals surface area contributed by atoms with Crippen LogP contribution in [0, 0.1) is 0 Å². The second kappa shape index (κ2) is 5.16. The Kier molecular flexibility index (Phi) is 3.33. The summed E-state index contributed by atoms with van der Waals surface area (Å²) in [6.45, 7) is 3.49. The average Bonchev–Trinajstić information content (AvgIpc) is 2.45. The molecule has 0 saturated carbocycles. The lowest BCUT2D eigenvalue weighted by Crippen LogP contribution is -2.16. The van der Waals surface area contributed by atoms with Crippen molar-refractivity contribution in [3.63, 3.8) is 0 Å². The van der Waals surface area contributed by atoms with Crippen LogP contribution in [0.5, 0.6) is 0 Å². The highest BCUT2D eigenvalue weighted by molar-refractivity contribution is 5.88. The number of anilines is 2. The zero-order valence-corrected chi connectivity index (χ0v) is 12.2. The first-order valence-corrected chi connectivity index (χ1v) is 7.14. The fourth-order valence-corrected chi connectivity index (χ4v) is 2.71. The Balaban J connectivity index is 2.14. The van der Waals surface area contributed by atoms with Crippen molar-refractivity contribution >= 4 is 17.4 Å². The van der Waals surface area contributed by atoms with Gasteiger partial charge in [-0.05, 0) is 37.0 Å². The van der Waals surface area contributed by atoms with Crippen molar-refractivity contribution in [2.24, 2.45) is 0 Å². The van der Waals surface area contributed by atoms with E-state index in [4.69, 9.17) is 10.7 Å². The first kappa shape index (κ1) is 13.5. The number of hydrogen-bond acceptors (Lipinski definition) is 4. The summed E-state index contributed by atoms with van der Waals surface area (Å²) in [5.41, 5.74) is 11.6. The number of fused-ring (bicyclic) bond motifs is 3. The molecule has 1 heterocycles. The molecule has 5 heteroatoms. The monoisotopic (exact) mass is 282 g/mol. The SMILES string of the molecule is CCc1nc2c(nc1NC(C)=O)CCc1cc(N)ccc1-2. The number of carbonyl (C=O) groups is 1. The highest BCUT2D eigenvalue weighted by Crippen LogP contribution is 2.33. The largest absolute Gasteiger partial charge is 0.399 e. The molecule has 3 N–H and O–H groups in total. The van der Waals surface area contributed by atoms with Gasteiger partial charge in [0.05, 0.1) is 17.1 Å². The molecule has 1 aliphatic rings. The Bertz CT molecular complexity index is 724. The molecule has 2 aromatic rings. The van der Waals surface area contributed by atoms with E-state index >= 15 is 0 Å². The Morgan fingerprint density at radius 1 is 1.33 bits per heavy atom. The number of hydrogen-bond donors (Lipinski definition) is 2. The molecular formula is C16H18N4O. The Hall–Kier alpha value is -2.43. The third kappa shape index (κ3) is 2.46. The molecule has 5 nitrogen and oxygen atoms in total. The second-order valence-corrected chi connectivity index (χ2v) is 5.27. The van der Waals surface area contributed by atoms with Gasteiger partial charge in [-0.1, -0.05) is 13.0 Å². The maximum atomic E-state index is 11.3. The number of rotatable bonds is 2. The maximum Gasteiger partial charge on any atom is 0.222 e. The van der Waals surface area contributed by atoms with Crippen molar-refractivity contribution in [3.05, 3.63) is 35.2 Å². The number of nitrogens with zero attached hydrogens (tertiary/aromatic N) is 2. The lowest BCUT2D eigenvalue weighted by atomic mass is 9.91. The third-order valence-electron chi connectivity index (χ3n) is 3.69. The quantitative estimate of drug-likeness (QED) is 0.828. The summed E-state index contributed by atoms with van der Waals surface area (Å²) >= 11 is 0. The number of nitrogen functional groups attached to an aromatic ring is 1. The van der Waals surface area contributed by atoms with Crippen LogP contribution in [0.25, 0.3) is 11.3 Å². The van der Waals surface area contributed by atoms with E-state index in [1.807, 2.05) is 25.1 Å². The summed E-state index contributed by atoms with van der Waals surface area (Å²) in [6, 6.07) is 5.91. The van der Waals surface area contributed by atoms with E-state index < -0.39 is 0 Å². The Morgan fingerprint density at radius 3 is 2.86 bits per heavy atom. The normalized spacial score (nSPS) is 12.5. The zero-order valence-electron chi connectivity index (χ0n) is 12.2. The minimum Gasteiger partial charge on any atom is -0.399 e. The maximum absolute atomic E-state index is 11.3. The molecule has 3 rings (SSSR count). The standard InChI is InChI=1S/C16H18N4O/c1-3-13-16(18-9(2)21)20-14-7-4-10-8-11(17)5-6-12(10)15(14)19-13/h5-6,8H,3-4,7,17H2,1-2H3,(H,18,20,21). The zero-order chi connectivity index (χ0) is 15.0. The van der Waals surface area contributed by atoms with Crippen molar-refractivity contribution < 1.29 is 4.79 Å². The number of carbonyl (C=O) groups excluding carboxylic acids is 1. The van der Waals surface area contributed by atoms with Gasteiger partial charge in [0.1, 0.15) is 0 Å². The fraction of sp³-hybridized carbons (Fsp3) is 0.312. The van der Waals surface area contributed by atoms with Crippen LogP contribution in [0.1, 0.15) is 30.8 Å². The van der Waals surface area contributed by atoms with Crippen molar-refractivity contribution in [2.45, 2.75) is 33.1 Å². The minimum absolute atomic E-state index is 0.122. The predicted octanol–water partition coefficient (Wildman–Crippen LogP) is 2.35. The van der Waals surface area contributed by atoms with Crippen LogP contribution in [0.15, 0.2) is 18.2 Å². The summed E-state index contributed by atoms with van der Waals surface area (Å²) in [4.78, 5) is 20.7. The van der Waals surface area contributed by atoms with Crippen molar-refractivity contribution in [1.29, 1.82) is 0 Å². The van der Waals surface area contributed by atoms with Gasteiger partial charge in [-0.2, -0.15) is 0 Å². The van der Waals surface area contributed by atoms with Crippen molar-refractivity contribution in [3.8, 4) is 11.3 Å². The van der Waals surface area contributed by atoms with Gasteiger partial charge in [-0.3, -0.25) is 4.79 Å². The molecule has 0 bridgehead atoms. The lowest BCUT2D eigenvalue weighted by molar-refractivity contribution is -0.114. The minimum atomic E-state index is -0.122. The number of aryl methyl sites for hydroxylation is 3. The molecule has 0 saturated heterocycles. The molecule has 108 valence electrons. The number of nitrogens with one attached hydrogen (secondary N) is 1. The van der Waals surface area contributed by atoms with Crippen molar-refractivity contribution in [1.82, 2.24) is 9.97 Å². The Morgan fingerprint density at radius 2 is 2.14 bits per heavy atom. The molecule has 0 atom stereocenters. The molecule has 1 aromatic carbocycles. The van der Waals surface area contributed by atoms with Crippen LogP contribution >= 0.6 is 0 Å². The van der Waals surface area contributed by atoms with Crippen LogP contribution in [0.2, 0.25) is 0 Å². The highest BCUT2D eigenvalue weighted by atomic mass is 16.1. The number of nitrogens with two attached hydrogens (primary N) is 1. The van der Waals surface area contributed by atoms with Crippen LogP contribution in [0.3, 0.4) is 0 Å². The predicted molar refractivity (Wildman–Crippen MR) is 83.0 cm³/mol. The molecule has 0 fully saturated rings. The molecule has 0 unspecified atom stereocenters. The smallest absolute Gasteiger partial charge is 0.222 e. The number of benzene rings is 1. The van der Waals surface area contributed by atoms with E-state index in [1.165, 1.54) is 12.5 Å². The summed E-state index contributed by atoms with van der Waals surface area (Å²) in [5.74, 6) is 0.463. The summed E-state index contributed by atoms with van der Waals surface area (Å²) in [5, 5.41) is 2.77. The fourth-order valence-electron chi connectivity index (χ4n) is 2.71. The molecule has 1 aliphatic carbocycles. The van der Waals surface area contributed by atoms with Crippen LogP contribution in [-0.4, -0.2) is 15.9 Å². The first-order valence-electron chi connectivity index (χ1n) is 7.14. The van der Waals surface area contributed by atoms with Gasteiger partial charge in [-0.25, -0.2) is 9.97 Å². The molecule has 21 heavy (non-hydrogen) atoms. The number of amides is 1. The van der Waals surface area contributed by atoms with Gasteiger partial charge in [0.25, 0.3) is 0 Å². The van der Waals surface area contributed by atoms with E-state index in [1.54, 1.807) is 0 Å². The average molecular weight is 282 g/mol. The second-order valence-electron chi connectivity index (χ2n) is 5.27. The van der Waals surface area contributed by atoms with Crippen molar-refractivity contribution in [2.75, 3.05) is 11.1 Å². The van der Waals surface area contributed by atoms with Crippen LogP contribution in [-0.2, 0) is 24.1 Å². The van der Waals surface area contributed by atoms with Gasteiger partial charge in [0.15, 0.2) is 5.82 Å². The van der Waals surface area contributed by atoms with E-state index in [0.29, 0.717) is 5.82 Å². The first-order chi connectivity index (χ1) is 10.1. The molecule has 0 aliphatic heterocycles. The summed E-state index contributed by atoms with van der Waals surface area (Å²) in [7, 11) is 0.